The van der Waals surface area contributed by atoms with Gasteiger partial charge in [-0.25, -0.2) is 9.78 Å². The Morgan fingerprint density at radius 3 is 3.11 bits per heavy atom. The number of hydrogen-bond acceptors (Lipinski definition) is 4. The molecule has 3 N–H and O–H groups in total. The van der Waals surface area contributed by atoms with Crippen molar-refractivity contribution in [3.05, 3.63) is 24.0 Å². The fraction of sp³-hybridized carbons (Fsp3) is 0.385. The van der Waals surface area contributed by atoms with E-state index in [0.717, 1.165) is 30.7 Å². The molecule has 2 aromatic rings. The van der Waals surface area contributed by atoms with Gasteiger partial charge in [-0.2, -0.15) is 0 Å². The Morgan fingerprint density at radius 1 is 1.58 bits per heavy atom. The van der Waals surface area contributed by atoms with Crippen molar-refractivity contribution in [3.63, 3.8) is 0 Å². The van der Waals surface area contributed by atoms with Crippen molar-refractivity contribution in [3.8, 4) is 5.75 Å². The first kappa shape index (κ1) is 12.0. The van der Waals surface area contributed by atoms with Crippen molar-refractivity contribution < 1.29 is 9.53 Å². The van der Waals surface area contributed by atoms with Crippen LogP contribution in [0.15, 0.2) is 18.2 Å². The molecule has 6 nitrogen and oxygen atoms in total. The number of aryl methyl sites for hydroxylation is 1. The fourth-order valence-corrected chi connectivity index (χ4v) is 2.61. The summed E-state index contributed by atoms with van der Waals surface area (Å²) in [6.45, 7) is 1.01. The second kappa shape index (κ2) is 4.55. The number of fused-ring (bicyclic) bond motifs is 1. The van der Waals surface area contributed by atoms with Crippen LogP contribution in [0.2, 0.25) is 0 Å². The van der Waals surface area contributed by atoms with Crippen LogP contribution in [0.25, 0.3) is 11.0 Å². The predicted octanol–water partition coefficient (Wildman–Crippen LogP) is 1.46. The van der Waals surface area contributed by atoms with E-state index in [2.05, 4.69) is 10.3 Å². The maximum absolute atomic E-state index is 10.9. The molecule has 1 amide bonds. The Labute approximate surface area is 110 Å². The smallest absolute Gasteiger partial charge is 0.408 e. The van der Waals surface area contributed by atoms with Crippen LogP contribution < -0.4 is 15.8 Å². The molecule has 1 aromatic heterocycles. The summed E-state index contributed by atoms with van der Waals surface area (Å²) >= 11 is 0. The number of benzene rings is 1. The number of rotatable bonds is 2. The minimum Gasteiger partial charge on any atom is -0.408 e. The number of nitrogens with one attached hydrogen (secondary N) is 1. The van der Waals surface area contributed by atoms with Crippen LogP contribution in [-0.2, 0) is 7.05 Å². The van der Waals surface area contributed by atoms with E-state index in [4.69, 9.17) is 10.5 Å². The molecule has 100 valence electrons. The summed E-state index contributed by atoms with van der Waals surface area (Å²) in [5, 5.41) is 3.42. The van der Waals surface area contributed by atoms with E-state index < -0.39 is 6.09 Å². The van der Waals surface area contributed by atoms with Crippen LogP contribution >= 0.6 is 0 Å². The van der Waals surface area contributed by atoms with E-state index in [1.807, 2.05) is 23.7 Å². The number of carbonyl (C=O) groups is 1. The maximum atomic E-state index is 10.9. The average Bonchev–Trinajstić information content (AvgIpc) is 2.98. The first-order chi connectivity index (χ1) is 9.16. The zero-order chi connectivity index (χ0) is 13.4. The molecule has 1 atom stereocenters. The minimum atomic E-state index is -0.821. The Balaban J connectivity index is 2.11. The van der Waals surface area contributed by atoms with E-state index in [1.165, 1.54) is 0 Å². The lowest BCUT2D eigenvalue weighted by atomic mass is 10.2. The average molecular weight is 260 g/mol. The van der Waals surface area contributed by atoms with Gasteiger partial charge in [-0.05, 0) is 31.5 Å². The van der Waals surface area contributed by atoms with Crippen LogP contribution in [0.3, 0.4) is 0 Å². The van der Waals surface area contributed by atoms with Gasteiger partial charge in [-0.3, -0.25) is 0 Å². The summed E-state index contributed by atoms with van der Waals surface area (Å²) in [5.41, 5.74) is 6.68. The monoisotopic (exact) mass is 260 g/mol. The SMILES string of the molecule is Cn1c(C2CCCN2)nc2c(OC(N)=O)cccc21. The van der Waals surface area contributed by atoms with Crippen LogP contribution in [0.4, 0.5) is 4.79 Å². The normalized spacial score (nSPS) is 18.9. The van der Waals surface area contributed by atoms with Crippen LogP contribution in [0, 0.1) is 0 Å². The number of nitrogens with two attached hydrogens (primary N) is 1. The molecule has 3 rings (SSSR count). The van der Waals surface area contributed by atoms with Gasteiger partial charge in [0.15, 0.2) is 5.75 Å². The molecule has 1 unspecified atom stereocenters. The third-order valence-electron chi connectivity index (χ3n) is 3.49. The van der Waals surface area contributed by atoms with E-state index in [1.54, 1.807) is 6.07 Å². The standard InChI is InChI=1S/C13H16N4O2/c1-17-9-5-2-6-10(19-13(14)18)11(9)16-12(17)8-4-3-7-15-8/h2,5-6,8,15H,3-4,7H2,1H3,(H2,14,18). The zero-order valence-corrected chi connectivity index (χ0v) is 10.7. The lowest BCUT2D eigenvalue weighted by molar-refractivity contribution is 0.211. The minimum absolute atomic E-state index is 0.263. The molecule has 0 aliphatic carbocycles. The topological polar surface area (TPSA) is 82.2 Å². The fourth-order valence-electron chi connectivity index (χ4n) is 2.61. The molecule has 1 fully saturated rings. The number of carbonyl (C=O) groups excluding carboxylic acids is 1. The van der Waals surface area contributed by atoms with E-state index in [0.29, 0.717) is 11.3 Å². The third kappa shape index (κ3) is 2.04. The quantitative estimate of drug-likeness (QED) is 0.856. The molecule has 1 aliphatic heterocycles. The Kier molecular flexibility index (Phi) is 2.87. The maximum Gasteiger partial charge on any atom is 0.410 e. The second-order valence-electron chi connectivity index (χ2n) is 4.72. The highest BCUT2D eigenvalue weighted by atomic mass is 16.5. The van der Waals surface area contributed by atoms with Crippen molar-refractivity contribution in [2.75, 3.05) is 6.54 Å². The number of aromatic nitrogens is 2. The van der Waals surface area contributed by atoms with Gasteiger partial charge >= 0.3 is 6.09 Å². The molecule has 6 heteroatoms. The van der Waals surface area contributed by atoms with E-state index in [-0.39, 0.29) is 6.04 Å². The van der Waals surface area contributed by atoms with Gasteiger partial charge < -0.3 is 20.4 Å². The van der Waals surface area contributed by atoms with Crippen molar-refractivity contribution in [1.82, 2.24) is 14.9 Å². The molecular formula is C13H16N4O2. The molecule has 1 aromatic carbocycles. The van der Waals surface area contributed by atoms with Gasteiger partial charge in [0.25, 0.3) is 0 Å². The highest BCUT2D eigenvalue weighted by Gasteiger charge is 2.23. The van der Waals surface area contributed by atoms with Crippen molar-refractivity contribution in [1.29, 1.82) is 0 Å². The van der Waals surface area contributed by atoms with Crippen LogP contribution in [-0.4, -0.2) is 22.2 Å². The van der Waals surface area contributed by atoms with Crippen molar-refractivity contribution in [2.45, 2.75) is 18.9 Å². The lowest BCUT2D eigenvalue weighted by Gasteiger charge is -2.09. The summed E-state index contributed by atoms with van der Waals surface area (Å²) in [7, 11) is 1.97. The highest BCUT2D eigenvalue weighted by molar-refractivity contribution is 5.85. The Hall–Kier alpha value is -2.08. The largest absolute Gasteiger partial charge is 0.410 e. The summed E-state index contributed by atoms with van der Waals surface area (Å²) in [4.78, 5) is 15.5. The predicted molar refractivity (Wildman–Crippen MR) is 70.9 cm³/mol. The number of ether oxygens (including phenoxy) is 1. The van der Waals surface area contributed by atoms with Gasteiger partial charge in [0.1, 0.15) is 11.3 Å². The first-order valence-electron chi connectivity index (χ1n) is 6.33. The van der Waals surface area contributed by atoms with Crippen LogP contribution in [0.1, 0.15) is 24.7 Å². The number of amides is 1. The Bertz CT molecular complexity index is 629. The molecule has 0 saturated carbocycles. The van der Waals surface area contributed by atoms with Crippen molar-refractivity contribution in [2.24, 2.45) is 12.8 Å². The highest BCUT2D eigenvalue weighted by Crippen LogP contribution is 2.30. The van der Waals surface area contributed by atoms with Gasteiger partial charge in [0.2, 0.25) is 0 Å². The van der Waals surface area contributed by atoms with Crippen molar-refractivity contribution >= 4 is 17.1 Å². The summed E-state index contributed by atoms with van der Waals surface area (Å²) in [6, 6.07) is 5.74. The molecule has 0 radical (unpaired) electrons. The number of para-hydroxylation sites is 1. The summed E-state index contributed by atoms with van der Waals surface area (Å²) < 4.78 is 7.03. The molecule has 2 heterocycles. The van der Waals surface area contributed by atoms with E-state index >= 15 is 0 Å². The number of primary amides is 1. The Morgan fingerprint density at radius 2 is 2.42 bits per heavy atom. The lowest BCUT2D eigenvalue weighted by Crippen LogP contribution is -2.17. The molecule has 0 bridgehead atoms. The second-order valence-corrected chi connectivity index (χ2v) is 4.72. The third-order valence-corrected chi connectivity index (χ3v) is 3.49. The van der Waals surface area contributed by atoms with E-state index in [9.17, 15) is 4.79 Å². The van der Waals surface area contributed by atoms with Gasteiger partial charge in [-0.1, -0.05) is 6.07 Å². The molecule has 1 aliphatic rings. The molecular weight excluding hydrogens is 244 g/mol. The van der Waals surface area contributed by atoms with Gasteiger partial charge in [0, 0.05) is 7.05 Å². The van der Waals surface area contributed by atoms with Gasteiger partial charge in [0.05, 0.1) is 11.6 Å². The number of nitrogens with zero attached hydrogens (tertiary/aromatic N) is 2. The summed E-state index contributed by atoms with van der Waals surface area (Å²) in [6.07, 6.45) is 1.40. The van der Waals surface area contributed by atoms with Gasteiger partial charge in [-0.15, -0.1) is 0 Å². The first-order valence-corrected chi connectivity index (χ1v) is 6.33. The molecule has 19 heavy (non-hydrogen) atoms. The zero-order valence-electron chi connectivity index (χ0n) is 10.7. The molecule has 1 saturated heterocycles. The number of hydrogen-bond donors (Lipinski definition) is 2. The number of imidazole rings is 1. The molecule has 0 spiro atoms. The summed E-state index contributed by atoms with van der Waals surface area (Å²) in [5.74, 6) is 1.37. The van der Waals surface area contributed by atoms with Crippen LogP contribution in [0.5, 0.6) is 5.75 Å².